The average Bonchev–Trinajstić information content (AvgIpc) is 2.83. The second kappa shape index (κ2) is 4.89. The summed E-state index contributed by atoms with van der Waals surface area (Å²) in [6, 6.07) is 3.16. The maximum Gasteiger partial charge on any atom is 0.236 e. The van der Waals surface area contributed by atoms with Crippen molar-refractivity contribution in [1.29, 1.82) is 0 Å². The zero-order chi connectivity index (χ0) is 12.3. The molecule has 0 amide bonds. The molecule has 0 aliphatic carbocycles. The smallest absolute Gasteiger partial charge is 0.236 e. The lowest BCUT2D eigenvalue weighted by atomic mass is 10.4. The van der Waals surface area contributed by atoms with Crippen LogP contribution in [-0.2, 0) is 10.0 Å². The van der Waals surface area contributed by atoms with E-state index in [0.29, 0.717) is 24.5 Å². The van der Waals surface area contributed by atoms with Gasteiger partial charge >= 0.3 is 0 Å². The van der Waals surface area contributed by atoms with E-state index in [1.165, 1.54) is 13.3 Å². The Morgan fingerprint density at radius 2 is 2.41 bits per heavy atom. The number of rotatable bonds is 4. The molecule has 7 heteroatoms. The van der Waals surface area contributed by atoms with Gasteiger partial charge in [0.1, 0.15) is 0 Å². The summed E-state index contributed by atoms with van der Waals surface area (Å²) in [5.74, 6) is 0.384. The van der Waals surface area contributed by atoms with Gasteiger partial charge in [-0.15, -0.1) is 0 Å². The number of hydrogen-bond acceptors (Lipinski definition) is 5. The lowest BCUT2D eigenvalue weighted by Gasteiger charge is -2.13. The summed E-state index contributed by atoms with van der Waals surface area (Å²) in [4.78, 5) is 3.92. The topological polar surface area (TPSA) is 80.3 Å². The van der Waals surface area contributed by atoms with Crippen LogP contribution in [0.15, 0.2) is 18.3 Å². The van der Waals surface area contributed by atoms with Crippen LogP contribution in [-0.4, -0.2) is 38.9 Å². The maximum absolute atomic E-state index is 12.0. The molecule has 0 spiro atoms. The minimum absolute atomic E-state index is 0.373. The maximum atomic E-state index is 12.0. The highest BCUT2D eigenvalue weighted by Crippen LogP contribution is 2.18. The van der Waals surface area contributed by atoms with E-state index < -0.39 is 10.0 Å². The van der Waals surface area contributed by atoms with Gasteiger partial charge in [0.05, 0.1) is 18.0 Å². The van der Waals surface area contributed by atoms with Crippen LogP contribution in [0, 0.1) is 0 Å². The van der Waals surface area contributed by atoms with Crippen LogP contribution in [0.3, 0.4) is 0 Å². The van der Waals surface area contributed by atoms with E-state index in [1.807, 2.05) is 0 Å². The number of nitrogens with one attached hydrogen (secondary N) is 2. The zero-order valence-corrected chi connectivity index (χ0v) is 10.3. The number of hydrogen-bond donors (Lipinski definition) is 2. The fourth-order valence-corrected chi connectivity index (χ4v) is 3.11. The van der Waals surface area contributed by atoms with Crippen molar-refractivity contribution < 1.29 is 13.2 Å². The summed E-state index contributed by atoms with van der Waals surface area (Å²) < 4.78 is 31.5. The molecule has 1 aliphatic rings. The third-order valence-electron chi connectivity index (χ3n) is 2.66. The minimum Gasteiger partial charge on any atom is -0.481 e. The Morgan fingerprint density at radius 1 is 1.59 bits per heavy atom. The van der Waals surface area contributed by atoms with Crippen molar-refractivity contribution in [2.75, 3.05) is 24.9 Å². The fourth-order valence-electron chi connectivity index (χ4n) is 1.73. The average molecular weight is 257 g/mol. The number of nitrogens with zero attached hydrogens (tertiary/aromatic N) is 1. The van der Waals surface area contributed by atoms with Gasteiger partial charge in [0.2, 0.25) is 15.9 Å². The van der Waals surface area contributed by atoms with Gasteiger partial charge < -0.3 is 10.1 Å². The first-order valence-corrected chi connectivity index (χ1v) is 6.89. The van der Waals surface area contributed by atoms with Crippen molar-refractivity contribution in [1.82, 2.24) is 10.3 Å². The van der Waals surface area contributed by atoms with E-state index in [9.17, 15) is 8.42 Å². The molecule has 2 N–H and O–H groups in total. The first-order chi connectivity index (χ1) is 8.12. The molecular formula is C10H15N3O3S. The minimum atomic E-state index is -3.33. The van der Waals surface area contributed by atoms with Gasteiger partial charge in [0.25, 0.3) is 0 Å². The number of anilines is 1. The highest BCUT2D eigenvalue weighted by atomic mass is 32.2. The molecule has 1 saturated heterocycles. The number of methoxy groups -OCH3 is 1. The lowest BCUT2D eigenvalue weighted by molar-refractivity contribution is 0.398. The first-order valence-electron chi connectivity index (χ1n) is 5.34. The predicted molar refractivity (Wildman–Crippen MR) is 64.6 cm³/mol. The van der Waals surface area contributed by atoms with Crippen LogP contribution >= 0.6 is 0 Å². The quantitative estimate of drug-likeness (QED) is 0.805. The number of sulfonamides is 1. The van der Waals surface area contributed by atoms with Crippen molar-refractivity contribution in [2.24, 2.45) is 0 Å². The normalized spacial score (nSPS) is 20.2. The zero-order valence-electron chi connectivity index (χ0n) is 9.51. The molecule has 94 valence electrons. The van der Waals surface area contributed by atoms with E-state index in [-0.39, 0.29) is 5.25 Å². The molecule has 17 heavy (non-hydrogen) atoms. The van der Waals surface area contributed by atoms with Crippen LogP contribution in [0.25, 0.3) is 0 Å². The van der Waals surface area contributed by atoms with Gasteiger partial charge in [0, 0.05) is 18.8 Å². The van der Waals surface area contributed by atoms with E-state index in [4.69, 9.17) is 4.74 Å². The van der Waals surface area contributed by atoms with E-state index in [1.54, 1.807) is 12.1 Å². The summed E-state index contributed by atoms with van der Waals surface area (Å²) in [6.45, 7) is 1.24. The molecule has 1 unspecified atom stereocenters. The molecule has 0 bridgehead atoms. The van der Waals surface area contributed by atoms with Crippen molar-refractivity contribution in [3.05, 3.63) is 18.3 Å². The molecule has 2 rings (SSSR count). The number of aromatic nitrogens is 1. The predicted octanol–water partition coefficient (Wildman–Crippen LogP) is 0.194. The largest absolute Gasteiger partial charge is 0.481 e. The highest BCUT2D eigenvalue weighted by Gasteiger charge is 2.28. The van der Waals surface area contributed by atoms with Crippen molar-refractivity contribution in [3.8, 4) is 5.88 Å². The molecule has 1 aliphatic heterocycles. The third kappa shape index (κ3) is 2.86. The Kier molecular flexibility index (Phi) is 3.49. The molecule has 1 fully saturated rings. The molecule has 1 aromatic rings. The standard InChI is InChI=1S/C10H15N3O3S/c1-16-10-6-8(2-5-12-10)13-17(14,15)9-3-4-11-7-9/h2,5-6,9,11H,3-4,7H2,1H3,(H,12,13). The molecule has 0 aromatic carbocycles. The fraction of sp³-hybridized carbons (Fsp3) is 0.500. The second-order valence-electron chi connectivity index (χ2n) is 3.85. The summed E-state index contributed by atoms with van der Waals surface area (Å²) >= 11 is 0. The monoisotopic (exact) mass is 257 g/mol. The van der Waals surface area contributed by atoms with E-state index in [0.717, 1.165) is 6.54 Å². The van der Waals surface area contributed by atoms with E-state index in [2.05, 4.69) is 15.0 Å². The molecule has 2 heterocycles. The Morgan fingerprint density at radius 3 is 3.06 bits per heavy atom. The Bertz CT molecular complexity index is 483. The molecule has 0 saturated carbocycles. The van der Waals surface area contributed by atoms with Gasteiger partial charge in [0.15, 0.2) is 0 Å². The number of ether oxygens (including phenoxy) is 1. The van der Waals surface area contributed by atoms with Crippen LogP contribution in [0.5, 0.6) is 5.88 Å². The third-order valence-corrected chi connectivity index (χ3v) is 4.46. The highest BCUT2D eigenvalue weighted by molar-refractivity contribution is 7.93. The van der Waals surface area contributed by atoms with Crippen molar-refractivity contribution in [3.63, 3.8) is 0 Å². The summed E-state index contributed by atoms with van der Waals surface area (Å²) in [5, 5.41) is 2.66. The SMILES string of the molecule is COc1cc(NS(=O)(=O)C2CCNC2)ccn1. The Hall–Kier alpha value is -1.34. The second-order valence-corrected chi connectivity index (χ2v) is 5.81. The van der Waals surface area contributed by atoms with Crippen LogP contribution in [0.4, 0.5) is 5.69 Å². The van der Waals surface area contributed by atoms with Crippen LogP contribution < -0.4 is 14.8 Å². The van der Waals surface area contributed by atoms with Crippen molar-refractivity contribution in [2.45, 2.75) is 11.7 Å². The van der Waals surface area contributed by atoms with Gasteiger partial charge in [-0.25, -0.2) is 13.4 Å². The Balaban J connectivity index is 2.13. The van der Waals surface area contributed by atoms with E-state index >= 15 is 0 Å². The van der Waals surface area contributed by atoms with Crippen LogP contribution in [0.2, 0.25) is 0 Å². The van der Waals surface area contributed by atoms with Crippen LogP contribution in [0.1, 0.15) is 6.42 Å². The summed E-state index contributed by atoms with van der Waals surface area (Å²) in [6.07, 6.45) is 2.14. The molecular weight excluding hydrogens is 242 g/mol. The molecule has 1 aromatic heterocycles. The van der Waals surface area contributed by atoms with Gasteiger partial charge in [-0.1, -0.05) is 0 Å². The summed E-state index contributed by atoms with van der Waals surface area (Å²) in [5.41, 5.74) is 0.476. The molecule has 6 nitrogen and oxygen atoms in total. The van der Waals surface area contributed by atoms with Gasteiger partial charge in [-0.3, -0.25) is 4.72 Å². The lowest BCUT2D eigenvalue weighted by Crippen LogP contribution is -2.29. The first kappa shape index (κ1) is 12.1. The molecule has 1 atom stereocenters. The molecule has 0 radical (unpaired) electrons. The van der Waals surface area contributed by atoms with Gasteiger partial charge in [-0.05, 0) is 19.0 Å². The van der Waals surface area contributed by atoms with Crippen molar-refractivity contribution >= 4 is 15.7 Å². The summed E-state index contributed by atoms with van der Waals surface area (Å²) in [7, 11) is -1.85. The Labute approximate surface area is 100 Å². The van der Waals surface area contributed by atoms with Gasteiger partial charge in [-0.2, -0.15) is 0 Å². The number of pyridine rings is 1.